The number of pyridine rings is 1. The molecule has 0 radical (unpaired) electrons. The van der Waals surface area contributed by atoms with Crippen molar-refractivity contribution in [2.75, 3.05) is 37.6 Å². The molecule has 1 fully saturated rings. The second-order valence-electron chi connectivity index (χ2n) is 6.32. The quantitative estimate of drug-likeness (QED) is 0.675. The molecule has 25 heavy (non-hydrogen) atoms. The Morgan fingerprint density at radius 2 is 1.92 bits per heavy atom. The molecule has 6 heteroatoms. The Labute approximate surface area is 157 Å². The van der Waals surface area contributed by atoms with Crippen molar-refractivity contribution < 1.29 is 0 Å². The van der Waals surface area contributed by atoms with Gasteiger partial charge >= 0.3 is 0 Å². The number of halogens is 1. The number of hydrogen-bond acceptors (Lipinski definition) is 5. The van der Waals surface area contributed by atoms with Crippen molar-refractivity contribution in [3.63, 3.8) is 0 Å². The van der Waals surface area contributed by atoms with Crippen LogP contribution in [-0.4, -0.2) is 47.6 Å². The average Bonchev–Trinajstić information content (AvgIpc) is 3.07. The Hall–Kier alpha value is -1.69. The molecule has 0 amide bonds. The van der Waals surface area contributed by atoms with Crippen molar-refractivity contribution in [1.82, 2.24) is 14.9 Å². The minimum absolute atomic E-state index is 0.812. The summed E-state index contributed by atoms with van der Waals surface area (Å²) < 4.78 is 1.11. The standard InChI is InChI=1S/C19H21ClN4S/c20-15-5-3-6-16-19(15)25-18(22-16)8-4-10-23-11-13-24(14-12-23)17-7-1-2-9-21-17/h1-3,5-7,9H,4,8,10-14H2. The number of nitrogens with zero attached hydrogens (tertiary/aromatic N) is 4. The van der Waals surface area contributed by atoms with Crippen molar-refractivity contribution in [1.29, 1.82) is 0 Å². The number of aromatic nitrogens is 2. The molecule has 0 unspecified atom stereocenters. The zero-order valence-corrected chi connectivity index (χ0v) is 15.6. The third-order valence-electron chi connectivity index (χ3n) is 4.62. The van der Waals surface area contributed by atoms with Gasteiger partial charge < -0.3 is 4.90 Å². The number of benzene rings is 1. The van der Waals surface area contributed by atoms with Gasteiger partial charge in [0.15, 0.2) is 0 Å². The Morgan fingerprint density at radius 3 is 2.68 bits per heavy atom. The first kappa shape index (κ1) is 16.8. The Bertz CT molecular complexity index is 828. The lowest BCUT2D eigenvalue weighted by Crippen LogP contribution is -2.46. The van der Waals surface area contributed by atoms with Crippen molar-refractivity contribution >= 4 is 39.0 Å². The smallest absolute Gasteiger partial charge is 0.128 e. The Kier molecular flexibility index (Phi) is 5.15. The van der Waals surface area contributed by atoms with Gasteiger partial charge in [0.05, 0.1) is 20.2 Å². The summed E-state index contributed by atoms with van der Waals surface area (Å²) in [5, 5.41) is 2.00. The van der Waals surface area contributed by atoms with E-state index in [1.54, 1.807) is 11.3 Å². The predicted molar refractivity (Wildman–Crippen MR) is 106 cm³/mol. The van der Waals surface area contributed by atoms with Crippen LogP contribution in [0, 0.1) is 0 Å². The van der Waals surface area contributed by atoms with E-state index >= 15 is 0 Å². The van der Waals surface area contributed by atoms with Gasteiger partial charge in [-0.3, -0.25) is 4.90 Å². The minimum Gasteiger partial charge on any atom is -0.354 e. The highest BCUT2D eigenvalue weighted by molar-refractivity contribution is 7.19. The molecule has 4 rings (SSSR count). The maximum Gasteiger partial charge on any atom is 0.128 e. The molecule has 4 nitrogen and oxygen atoms in total. The van der Waals surface area contributed by atoms with Crippen LogP contribution in [-0.2, 0) is 6.42 Å². The van der Waals surface area contributed by atoms with Crippen LogP contribution in [0.4, 0.5) is 5.82 Å². The summed E-state index contributed by atoms with van der Waals surface area (Å²) in [5.74, 6) is 1.09. The monoisotopic (exact) mass is 372 g/mol. The third-order valence-corrected chi connectivity index (χ3v) is 6.21. The molecule has 1 aromatic carbocycles. The molecule has 2 aromatic heterocycles. The second-order valence-corrected chi connectivity index (χ2v) is 7.81. The van der Waals surface area contributed by atoms with Crippen LogP contribution in [0.5, 0.6) is 0 Å². The summed E-state index contributed by atoms with van der Waals surface area (Å²) in [6, 6.07) is 12.1. The highest BCUT2D eigenvalue weighted by Gasteiger charge is 2.17. The van der Waals surface area contributed by atoms with Gasteiger partial charge in [-0.15, -0.1) is 11.3 Å². The third kappa shape index (κ3) is 3.94. The lowest BCUT2D eigenvalue weighted by atomic mass is 10.2. The summed E-state index contributed by atoms with van der Waals surface area (Å²) in [6.07, 6.45) is 4.03. The van der Waals surface area contributed by atoms with E-state index in [4.69, 9.17) is 16.6 Å². The fourth-order valence-electron chi connectivity index (χ4n) is 3.26. The van der Waals surface area contributed by atoms with Gasteiger partial charge in [-0.2, -0.15) is 0 Å². The molecule has 1 aliphatic rings. The number of aryl methyl sites for hydroxylation is 1. The Balaban J connectivity index is 1.26. The van der Waals surface area contributed by atoms with Crippen LogP contribution in [0.15, 0.2) is 42.6 Å². The lowest BCUT2D eigenvalue weighted by molar-refractivity contribution is 0.254. The summed E-state index contributed by atoms with van der Waals surface area (Å²) in [6.45, 7) is 5.42. The molecule has 3 aromatic rings. The van der Waals surface area contributed by atoms with Gasteiger partial charge in [-0.1, -0.05) is 23.7 Å². The van der Waals surface area contributed by atoms with E-state index in [1.807, 2.05) is 30.5 Å². The molecule has 0 aliphatic carbocycles. The van der Waals surface area contributed by atoms with E-state index in [0.717, 1.165) is 66.6 Å². The summed E-state index contributed by atoms with van der Waals surface area (Å²) in [7, 11) is 0. The SMILES string of the molecule is Clc1cccc2nc(CCCN3CCN(c4ccccn4)CC3)sc12. The fourth-order valence-corrected chi connectivity index (χ4v) is 4.56. The normalized spacial score (nSPS) is 15.8. The lowest BCUT2D eigenvalue weighted by Gasteiger charge is -2.35. The summed E-state index contributed by atoms with van der Waals surface area (Å²) in [4.78, 5) is 14.1. The first-order valence-corrected chi connectivity index (χ1v) is 9.91. The number of thiazole rings is 1. The molecule has 0 N–H and O–H groups in total. The number of hydrogen-bond donors (Lipinski definition) is 0. The molecule has 1 aliphatic heterocycles. The van der Waals surface area contributed by atoms with Gasteiger partial charge in [0.2, 0.25) is 0 Å². The van der Waals surface area contributed by atoms with Crippen LogP contribution in [0.2, 0.25) is 5.02 Å². The fraction of sp³-hybridized carbons (Fsp3) is 0.368. The van der Waals surface area contributed by atoms with Gasteiger partial charge in [-0.25, -0.2) is 9.97 Å². The van der Waals surface area contributed by atoms with Gasteiger partial charge in [0.25, 0.3) is 0 Å². The summed E-state index contributed by atoms with van der Waals surface area (Å²) >= 11 is 7.97. The van der Waals surface area contributed by atoms with E-state index in [2.05, 4.69) is 26.9 Å². The number of fused-ring (bicyclic) bond motifs is 1. The molecule has 0 saturated carbocycles. The van der Waals surface area contributed by atoms with Crippen LogP contribution in [0.3, 0.4) is 0 Å². The topological polar surface area (TPSA) is 32.3 Å². The van der Waals surface area contributed by atoms with Crippen LogP contribution in [0.1, 0.15) is 11.4 Å². The second kappa shape index (κ2) is 7.68. The largest absolute Gasteiger partial charge is 0.354 e. The van der Waals surface area contributed by atoms with E-state index in [0.29, 0.717) is 0 Å². The van der Waals surface area contributed by atoms with E-state index in [1.165, 1.54) is 5.01 Å². The molecule has 0 spiro atoms. The molecular weight excluding hydrogens is 352 g/mol. The Morgan fingerprint density at radius 1 is 1.04 bits per heavy atom. The molecule has 0 atom stereocenters. The van der Waals surface area contributed by atoms with Crippen LogP contribution >= 0.6 is 22.9 Å². The van der Waals surface area contributed by atoms with E-state index in [-0.39, 0.29) is 0 Å². The molecule has 1 saturated heterocycles. The maximum absolute atomic E-state index is 6.24. The zero-order chi connectivity index (χ0) is 17.1. The van der Waals surface area contributed by atoms with Crippen molar-refractivity contribution in [3.8, 4) is 0 Å². The van der Waals surface area contributed by atoms with E-state index < -0.39 is 0 Å². The van der Waals surface area contributed by atoms with Crippen LogP contribution in [0.25, 0.3) is 10.2 Å². The molecule has 130 valence electrons. The maximum atomic E-state index is 6.24. The molecule has 0 bridgehead atoms. The number of rotatable bonds is 5. The molecular formula is C19H21ClN4S. The minimum atomic E-state index is 0.812. The first-order valence-electron chi connectivity index (χ1n) is 8.72. The van der Waals surface area contributed by atoms with Crippen molar-refractivity contribution in [2.45, 2.75) is 12.8 Å². The highest BCUT2D eigenvalue weighted by Crippen LogP contribution is 2.29. The van der Waals surface area contributed by atoms with E-state index in [9.17, 15) is 0 Å². The van der Waals surface area contributed by atoms with Crippen molar-refractivity contribution in [3.05, 3.63) is 52.6 Å². The zero-order valence-electron chi connectivity index (χ0n) is 14.1. The van der Waals surface area contributed by atoms with Gasteiger partial charge in [0.1, 0.15) is 5.82 Å². The molecule has 3 heterocycles. The average molecular weight is 373 g/mol. The highest BCUT2D eigenvalue weighted by atomic mass is 35.5. The van der Waals surface area contributed by atoms with Gasteiger partial charge in [-0.05, 0) is 37.2 Å². The van der Waals surface area contributed by atoms with Crippen molar-refractivity contribution in [2.24, 2.45) is 0 Å². The number of piperazine rings is 1. The van der Waals surface area contributed by atoms with Crippen LogP contribution < -0.4 is 4.90 Å². The predicted octanol–water partition coefficient (Wildman–Crippen LogP) is 4.10. The number of anilines is 1. The first-order chi connectivity index (χ1) is 12.3. The summed E-state index contributed by atoms with van der Waals surface area (Å²) in [5.41, 5.74) is 1.02. The van der Waals surface area contributed by atoms with Gasteiger partial charge in [0, 0.05) is 38.8 Å².